The van der Waals surface area contributed by atoms with Gasteiger partial charge in [-0.05, 0) is 32.0 Å². The summed E-state index contributed by atoms with van der Waals surface area (Å²) in [5.41, 5.74) is 0.516. The molecule has 0 unspecified atom stereocenters. The van der Waals surface area contributed by atoms with E-state index in [4.69, 9.17) is 0 Å². The molecule has 0 N–H and O–H groups in total. The number of aromatic nitrogens is 3. The fourth-order valence-electron chi connectivity index (χ4n) is 1.79. The maximum atomic E-state index is 13.2. The molecule has 1 aromatic carbocycles. The number of nitrogens with zero attached hydrogens (tertiary/aromatic N) is 3. The minimum atomic E-state index is -0.883. The summed E-state index contributed by atoms with van der Waals surface area (Å²) in [5, 5.41) is 8.63. The lowest BCUT2D eigenvalue weighted by Crippen LogP contribution is -2.07. The van der Waals surface area contributed by atoms with E-state index in [0.29, 0.717) is 16.7 Å². The highest BCUT2D eigenvalue weighted by molar-refractivity contribution is 9.08. The summed E-state index contributed by atoms with van der Waals surface area (Å²) in [6, 6.07) is 3.86. The predicted molar refractivity (Wildman–Crippen MR) is 68.4 cm³/mol. The van der Waals surface area contributed by atoms with Crippen molar-refractivity contribution in [3.05, 3.63) is 35.7 Å². The van der Waals surface area contributed by atoms with Gasteiger partial charge in [-0.2, -0.15) is 0 Å². The second-order valence-electron chi connectivity index (χ2n) is 4.17. The zero-order valence-electron chi connectivity index (χ0n) is 9.99. The maximum Gasteiger partial charge on any atom is 0.164 e. The first kappa shape index (κ1) is 13.1. The third-order valence-corrected chi connectivity index (χ3v) is 3.08. The zero-order chi connectivity index (χ0) is 13.3. The molecule has 0 aliphatic carbocycles. The topological polar surface area (TPSA) is 30.7 Å². The average molecular weight is 316 g/mol. The predicted octanol–water partition coefficient (Wildman–Crippen LogP) is 3.70. The van der Waals surface area contributed by atoms with Crippen LogP contribution in [0.5, 0.6) is 0 Å². The largest absolute Gasteiger partial charge is 0.308 e. The number of hydrogen-bond acceptors (Lipinski definition) is 2. The van der Waals surface area contributed by atoms with Gasteiger partial charge in [0.05, 0.1) is 5.33 Å². The monoisotopic (exact) mass is 315 g/mol. The minimum absolute atomic E-state index is 0.135. The molecule has 2 rings (SSSR count). The molecular formula is C12H12BrF2N3. The number of benzene rings is 1. The zero-order valence-corrected chi connectivity index (χ0v) is 11.6. The van der Waals surface area contributed by atoms with Gasteiger partial charge in [0.1, 0.15) is 5.82 Å². The Morgan fingerprint density at radius 2 is 1.94 bits per heavy atom. The molecule has 18 heavy (non-hydrogen) atoms. The van der Waals surface area contributed by atoms with Crippen LogP contribution in [-0.2, 0) is 5.33 Å². The van der Waals surface area contributed by atoms with Crippen LogP contribution in [-0.4, -0.2) is 14.8 Å². The summed E-state index contributed by atoms with van der Waals surface area (Å²) in [6.45, 7) is 3.97. The molecule has 0 atom stereocenters. The fourth-order valence-corrected chi connectivity index (χ4v) is 2.17. The Hall–Kier alpha value is -1.30. The first-order valence-corrected chi connectivity index (χ1v) is 6.62. The van der Waals surface area contributed by atoms with Crippen LogP contribution >= 0.6 is 15.9 Å². The number of hydrogen-bond donors (Lipinski definition) is 0. The highest BCUT2D eigenvalue weighted by atomic mass is 79.9. The van der Waals surface area contributed by atoms with Gasteiger partial charge < -0.3 is 4.57 Å². The van der Waals surface area contributed by atoms with E-state index in [-0.39, 0.29) is 6.04 Å². The molecule has 1 aromatic heterocycles. The van der Waals surface area contributed by atoms with Gasteiger partial charge in [-0.15, -0.1) is 10.2 Å². The minimum Gasteiger partial charge on any atom is -0.308 e. The van der Waals surface area contributed by atoms with Crippen molar-refractivity contribution in [2.24, 2.45) is 0 Å². The molecule has 0 amide bonds. The van der Waals surface area contributed by atoms with Crippen LogP contribution in [0.15, 0.2) is 18.2 Å². The summed E-state index contributed by atoms with van der Waals surface area (Å²) >= 11 is 3.33. The van der Waals surface area contributed by atoms with Gasteiger partial charge in [-0.1, -0.05) is 15.9 Å². The van der Waals surface area contributed by atoms with Crippen LogP contribution in [0.1, 0.15) is 25.7 Å². The Labute approximate surface area is 112 Å². The van der Waals surface area contributed by atoms with Crippen LogP contribution in [0.25, 0.3) is 11.4 Å². The van der Waals surface area contributed by atoms with Crippen molar-refractivity contribution >= 4 is 15.9 Å². The summed E-state index contributed by atoms with van der Waals surface area (Å²) < 4.78 is 28.1. The first-order valence-electron chi connectivity index (χ1n) is 5.49. The average Bonchev–Trinajstić information content (AvgIpc) is 2.76. The summed E-state index contributed by atoms with van der Waals surface area (Å²) in [6.07, 6.45) is 0. The van der Waals surface area contributed by atoms with Gasteiger partial charge in [-0.25, -0.2) is 8.78 Å². The van der Waals surface area contributed by atoms with Crippen molar-refractivity contribution < 1.29 is 8.78 Å². The molecule has 0 aliphatic heterocycles. The normalized spacial score (nSPS) is 11.2. The van der Waals surface area contributed by atoms with Crippen LogP contribution in [0, 0.1) is 11.6 Å². The van der Waals surface area contributed by atoms with Gasteiger partial charge in [0.25, 0.3) is 0 Å². The Bertz CT molecular complexity index is 566. The molecule has 0 saturated heterocycles. The van der Waals surface area contributed by atoms with Crippen molar-refractivity contribution in [2.75, 3.05) is 0 Å². The van der Waals surface area contributed by atoms with Gasteiger partial charge in [0.2, 0.25) is 0 Å². The van der Waals surface area contributed by atoms with Gasteiger partial charge >= 0.3 is 0 Å². The molecule has 0 aliphatic rings. The van der Waals surface area contributed by atoms with Crippen LogP contribution in [0.4, 0.5) is 8.78 Å². The SMILES string of the molecule is CC(C)n1c(CBr)nnc1-c1ccc(F)c(F)c1. The van der Waals surface area contributed by atoms with E-state index in [0.717, 1.165) is 18.0 Å². The van der Waals surface area contributed by atoms with E-state index < -0.39 is 11.6 Å². The number of rotatable bonds is 3. The van der Waals surface area contributed by atoms with Crippen LogP contribution < -0.4 is 0 Å². The number of halogens is 3. The Morgan fingerprint density at radius 1 is 1.22 bits per heavy atom. The lowest BCUT2D eigenvalue weighted by atomic mass is 10.2. The van der Waals surface area contributed by atoms with E-state index in [1.807, 2.05) is 18.4 Å². The summed E-state index contributed by atoms with van der Waals surface area (Å²) in [7, 11) is 0. The summed E-state index contributed by atoms with van der Waals surface area (Å²) in [4.78, 5) is 0. The lowest BCUT2D eigenvalue weighted by Gasteiger charge is -2.13. The molecule has 3 nitrogen and oxygen atoms in total. The molecule has 6 heteroatoms. The molecule has 0 fully saturated rings. The summed E-state index contributed by atoms with van der Waals surface area (Å²) in [5.74, 6) is -0.454. The Morgan fingerprint density at radius 3 is 2.50 bits per heavy atom. The molecule has 96 valence electrons. The third-order valence-electron chi connectivity index (χ3n) is 2.58. The fraction of sp³-hybridized carbons (Fsp3) is 0.333. The molecule has 0 saturated carbocycles. The van der Waals surface area contributed by atoms with E-state index in [2.05, 4.69) is 26.1 Å². The van der Waals surface area contributed by atoms with E-state index >= 15 is 0 Å². The van der Waals surface area contributed by atoms with Crippen molar-refractivity contribution in [1.29, 1.82) is 0 Å². The van der Waals surface area contributed by atoms with Crippen molar-refractivity contribution in [3.8, 4) is 11.4 Å². The van der Waals surface area contributed by atoms with E-state index in [1.165, 1.54) is 6.07 Å². The Kier molecular flexibility index (Phi) is 3.75. The van der Waals surface area contributed by atoms with Crippen molar-refractivity contribution in [2.45, 2.75) is 25.2 Å². The first-order chi connectivity index (χ1) is 8.54. The molecule has 0 spiro atoms. The lowest BCUT2D eigenvalue weighted by molar-refractivity contribution is 0.508. The van der Waals surface area contributed by atoms with Gasteiger partial charge in [-0.3, -0.25) is 0 Å². The highest BCUT2D eigenvalue weighted by Crippen LogP contribution is 2.24. The number of alkyl halides is 1. The van der Waals surface area contributed by atoms with Gasteiger partial charge in [0.15, 0.2) is 17.5 Å². The van der Waals surface area contributed by atoms with Crippen molar-refractivity contribution in [3.63, 3.8) is 0 Å². The van der Waals surface area contributed by atoms with E-state index in [9.17, 15) is 8.78 Å². The molecule has 1 heterocycles. The molecule has 0 bridgehead atoms. The highest BCUT2D eigenvalue weighted by Gasteiger charge is 2.16. The second-order valence-corrected chi connectivity index (χ2v) is 4.73. The molecule has 0 radical (unpaired) electrons. The second kappa shape index (κ2) is 5.14. The quantitative estimate of drug-likeness (QED) is 0.809. The van der Waals surface area contributed by atoms with Gasteiger partial charge in [0, 0.05) is 11.6 Å². The van der Waals surface area contributed by atoms with Crippen LogP contribution in [0.2, 0.25) is 0 Å². The molecule has 2 aromatic rings. The Balaban J connectivity index is 2.56. The smallest absolute Gasteiger partial charge is 0.164 e. The molecular weight excluding hydrogens is 304 g/mol. The van der Waals surface area contributed by atoms with Crippen molar-refractivity contribution in [1.82, 2.24) is 14.8 Å². The standard InChI is InChI=1S/C12H12BrF2N3/c1-7(2)18-11(6-13)16-17-12(18)8-3-4-9(14)10(15)5-8/h3-5,7H,6H2,1-2H3. The maximum absolute atomic E-state index is 13.2. The van der Waals surface area contributed by atoms with Crippen LogP contribution in [0.3, 0.4) is 0 Å². The van der Waals surface area contributed by atoms with E-state index in [1.54, 1.807) is 0 Å². The third kappa shape index (κ3) is 2.29.